The number of nitrogens with one attached hydrogen (secondary N) is 1. The van der Waals surface area contributed by atoms with Crippen molar-refractivity contribution < 1.29 is 12.8 Å². The fourth-order valence-corrected chi connectivity index (χ4v) is 3.08. The summed E-state index contributed by atoms with van der Waals surface area (Å²) < 4.78 is 32.0. The average Bonchev–Trinajstić information content (AvgIpc) is 2.81. The lowest BCUT2D eigenvalue weighted by Crippen LogP contribution is -2.34. The van der Waals surface area contributed by atoms with Gasteiger partial charge in [-0.15, -0.1) is 0 Å². The Morgan fingerprint density at radius 2 is 2.11 bits per heavy atom. The molecule has 2 aromatic rings. The number of rotatable bonds is 5. The summed E-state index contributed by atoms with van der Waals surface area (Å²) in [4.78, 5) is 0.166. The molecule has 0 aliphatic carbocycles. The zero-order valence-electron chi connectivity index (χ0n) is 10.5. The van der Waals surface area contributed by atoms with Gasteiger partial charge >= 0.3 is 0 Å². The molecule has 0 saturated heterocycles. The van der Waals surface area contributed by atoms with Gasteiger partial charge in [0.2, 0.25) is 10.0 Å². The van der Waals surface area contributed by atoms with E-state index in [0.717, 1.165) is 5.76 Å². The fourth-order valence-electron chi connectivity index (χ4n) is 1.79. The Morgan fingerprint density at radius 1 is 1.32 bits per heavy atom. The molecule has 0 aliphatic rings. The highest BCUT2D eigenvalue weighted by Crippen LogP contribution is 2.14. The molecule has 0 amide bonds. The van der Waals surface area contributed by atoms with Crippen LogP contribution in [0.4, 0.5) is 5.69 Å². The van der Waals surface area contributed by atoms with E-state index in [-0.39, 0.29) is 10.9 Å². The molecule has 2 rings (SSSR count). The largest absolute Gasteiger partial charge is 0.469 e. The van der Waals surface area contributed by atoms with Crippen molar-refractivity contribution in [3.8, 4) is 0 Å². The SMILES string of the molecule is CC(Cc1ccco1)NS(=O)(=O)c1cccc(N)c1. The highest BCUT2D eigenvalue weighted by molar-refractivity contribution is 7.89. The zero-order valence-corrected chi connectivity index (χ0v) is 11.4. The van der Waals surface area contributed by atoms with E-state index in [9.17, 15) is 8.42 Å². The molecule has 102 valence electrons. The third-order valence-electron chi connectivity index (χ3n) is 2.61. The first-order chi connectivity index (χ1) is 8.97. The van der Waals surface area contributed by atoms with Crippen molar-refractivity contribution in [1.29, 1.82) is 0 Å². The molecule has 0 radical (unpaired) electrons. The van der Waals surface area contributed by atoms with Crippen LogP contribution < -0.4 is 10.5 Å². The van der Waals surface area contributed by atoms with E-state index in [2.05, 4.69) is 4.72 Å². The van der Waals surface area contributed by atoms with Crippen LogP contribution in [0.1, 0.15) is 12.7 Å². The van der Waals surface area contributed by atoms with Crippen molar-refractivity contribution in [2.45, 2.75) is 24.3 Å². The molecule has 1 heterocycles. The lowest BCUT2D eigenvalue weighted by Gasteiger charge is -2.13. The lowest BCUT2D eigenvalue weighted by molar-refractivity contribution is 0.479. The number of sulfonamides is 1. The molecule has 1 atom stereocenters. The second-order valence-corrected chi connectivity index (χ2v) is 6.09. The molecule has 1 aromatic heterocycles. The summed E-state index contributed by atoms with van der Waals surface area (Å²) >= 11 is 0. The van der Waals surface area contributed by atoms with Crippen LogP contribution in [0.5, 0.6) is 0 Å². The topological polar surface area (TPSA) is 85.3 Å². The number of nitrogen functional groups attached to an aromatic ring is 1. The average molecular weight is 280 g/mol. The number of anilines is 1. The van der Waals surface area contributed by atoms with Crippen LogP contribution in [-0.4, -0.2) is 14.5 Å². The van der Waals surface area contributed by atoms with Gasteiger partial charge in [0.05, 0.1) is 11.2 Å². The van der Waals surface area contributed by atoms with Gasteiger partial charge in [0.1, 0.15) is 5.76 Å². The Balaban J connectivity index is 2.09. The van der Waals surface area contributed by atoms with Crippen molar-refractivity contribution >= 4 is 15.7 Å². The third kappa shape index (κ3) is 3.59. The van der Waals surface area contributed by atoms with Crippen LogP contribution in [0.25, 0.3) is 0 Å². The summed E-state index contributed by atoms with van der Waals surface area (Å²) in [5.74, 6) is 0.739. The fraction of sp³-hybridized carbons (Fsp3) is 0.231. The number of benzene rings is 1. The molecule has 0 saturated carbocycles. The smallest absolute Gasteiger partial charge is 0.240 e. The summed E-state index contributed by atoms with van der Waals surface area (Å²) in [7, 11) is -3.56. The molecule has 1 aromatic carbocycles. The summed E-state index contributed by atoms with van der Waals surface area (Å²) in [5, 5.41) is 0. The molecule has 0 fully saturated rings. The van der Waals surface area contributed by atoms with E-state index in [1.807, 2.05) is 6.07 Å². The molecule has 0 bridgehead atoms. The van der Waals surface area contributed by atoms with Crippen LogP contribution in [0.15, 0.2) is 52.0 Å². The van der Waals surface area contributed by atoms with E-state index in [1.165, 1.54) is 12.1 Å². The number of hydrogen-bond acceptors (Lipinski definition) is 4. The standard InChI is InChI=1S/C13H16N2O3S/c1-10(8-12-5-3-7-18-12)15-19(16,17)13-6-2-4-11(14)9-13/h2-7,9-10,15H,8,14H2,1H3. The Morgan fingerprint density at radius 3 is 2.74 bits per heavy atom. The summed E-state index contributed by atoms with van der Waals surface area (Å²) in [6.45, 7) is 1.78. The summed E-state index contributed by atoms with van der Waals surface area (Å²) in [5.41, 5.74) is 6.01. The minimum absolute atomic E-state index is 0.166. The maximum Gasteiger partial charge on any atom is 0.240 e. The van der Waals surface area contributed by atoms with Gasteiger partial charge in [-0.3, -0.25) is 0 Å². The number of hydrogen-bond donors (Lipinski definition) is 2. The van der Waals surface area contributed by atoms with Gasteiger partial charge in [-0.05, 0) is 37.3 Å². The number of furan rings is 1. The minimum Gasteiger partial charge on any atom is -0.469 e. The van der Waals surface area contributed by atoms with Gasteiger partial charge in [-0.25, -0.2) is 13.1 Å². The quantitative estimate of drug-likeness (QED) is 0.817. The number of nitrogens with two attached hydrogens (primary N) is 1. The molecule has 3 N–H and O–H groups in total. The van der Waals surface area contributed by atoms with Crippen molar-refractivity contribution in [2.75, 3.05) is 5.73 Å². The lowest BCUT2D eigenvalue weighted by atomic mass is 10.2. The van der Waals surface area contributed by atoms with E-state index in [4.69, 9.17) is 10.2 Å². The first-order valence-electron chi connectivity index (χ1n) is 5.87. The van der Waals surface area contributed by atoms with Crippen molar-refractivity contribution in [1.82, 2.24) is 4.72 Å². The van der Waals surface area contributed by atoms with Crippen molar-refractivity contribution in [3.05, 3.63) is 48.4 Å². The summed E-state index contributed by atoms with van der Waals surface area (Å²) in [6.07, 6.45) is 2.06. The first-order valence-corrected chi connectivity index (χ1v) is 7.36. The normalized spacial score (nSPS) is 13.3. The van der Waals surface area contributed by atoms with Crippen molar-refractivity contribution in [3.63, 3.8) is 0 Å². The Kier molecular flexibility index (Phi) is 3.92. The van der Waals surface area contributed by atoms with E-state index >= 15 is 0 Å². The first kappa shape index (κ1) is 13.6. The van der Waals surface area contributed by atoms with Gasteiger partial charge in [0.15, 0.2) is 0 Å². The van der Waals surface area contributed by atoms with Gasteiger partial charge < -0.3 is 10.2 Å². The predicted octanol–water partition coefficient (Wildman–Crippen LogP) is 1.77. The van der Waals surface area contributed by atoms with Gasteiger partial charge in [-0.1, -0.05) is 6.07 Å². The van der Waals surface area contributed by atoms with E-state index in [1.54, 1.807) is 31.4 Å². The highest BCUT2D eigenvalue weighted by atomic mass is 32.2. The highest BCUT2D eigenvalue weighted by Gasteiger charge is 2.18. The van der Waals surface area contributed by atoms with Crippen LogP contribution >= 0.6 is 0 Å². The third-order valence-corrected chi connectivity index (χ3v) is 4.20. The second-order valence-electron chi connectivity index (χ2n) is 4.38. The molecule has 6 heteroatoms. The van der Waals surface area contributed by atoms with Gasteiger partial charge in [0.25, 0.3) is 0 Å². The van der Waals surface area contributed by atoms with E-state index in [0.29, 0.717) is 12.1 Å². The van der Waals surface area contributed by atoms with Crippen LogP contribution in [0, 0.1) is 0 Å². The minimum atomic E-state index is -3.56. The maximum atomic E-state index is 12.1. The molecule has 1 unspecified atom stereocenters. The van der Waals surface area contributed by atoms with Crippen LogP contribution in [-0.2, 0) is 16.4 Å². The van der Waals surface area contributed by atoms with Gasteiger partial charge in [0, 0.05) is 18.2 Å². The van der Waals surface area contributed by atoms with E-state index < -0.39 is 10.0 Å². The molecular weight excluding hydrogens is 264 g/mol. The van der Waals surface area contributed by atoms with Gasteiger partial charge in [-0.2, -0.15) is 0 Å². The van der Waals surface area contributed by atoms with Crippen LogP contribution in [0.2, 0.25) is 0 Å². The summed E-state index contributed by atoms with van der Waals surface area (Å²) in [6, 6.07) is 9.52. The Bertz CT molecular complexity index is 636. The monoisotopic (exact) mass is 280 g/mol. The molecule has 0 aliphatic heterocycles. The molecule has 19 heavy (non-hydrogen) atoms. The second kappa shape index (κ2) is 5.46. The van der Waals surface area contributed by atoms with Crippen LogP contribution in [0.3, 0.4) is 0 Å². The van der Waals surface area contributed by atoms with Crippen molar-refractivity contribution in [2.24, 2.45) is 0 Å². The molecule has 5 nitrogen and oxygen atoms in total. The molecule has 0 spiro atoms. The predicted molar refractivity (Wildman–Crippen MR) is 73.0 cm³/mol. The zero-order chi connectivity index (χ0) is 13.9. The Labute approximate surface area is 112 Å². The maximum absolute atomic E-state index is 12.1. The Hall–Kier alpha value is -1.79. The molecular formula is C13H16N2O3S.